The summed E-state index contributed by atoms with van der Waals surface area (Å²) in [4.78, 5) is 8.05. The fraction of sp³-hybridized carbons (Fsp3) is 0.364. The maximum atomic E-state index is 12.5. The Bertz CT molecular complexity index is 549. The Labute approximate surface area is 107 Å². The lowest BCUT2D eigenvalue weighted by Gasteiger charge is -2.05. The van der Waals surface area contributed by atoms with E-state index in [1.54, 1.807) is 0 Å². The fourth-order valence-electron chi connectivity index (χ4n) is 1.40. The number of anilines is 1. The monoisotopic (exact) mass is 271 g/mol. The second kappa shape index (κ2) is 5.25. The van der Waals surface area contributed by atoms with Gasteiger partial charge in [-0.25, -0.2) is 9.67 Å². The minimum Gasteiger partial charge on any atom is -0.369 e. The first-order valence-corrected chi connectivity index (χ1v) is 5.69. The van der Waals surface area contributed by atoms with E-state index in [2.05, 4.69) is 20.4 Å². The van der Waals surface area contributed by atoms with E-state index < -0.39 is 11.7 Å². The van der Waals surface area contributed by atoms with Crippen molar-refractivity contribution in [1.82, 2.24) is 19.7 Å². The Hall–Kier alpha value is -2.12. The smallest absolute Gasteiger partial charge is 0.369 e. The van der Waals surface area contributed by atoms with Crippen molar-refractivity contribution in [2.45, 2.75) is 19.5 Å². The van der Waals surface area contributed by atoms with Gasteiger partial charge in [-0.2, -0.15) is 18.3 Å². The van der Waals surface area contributed by atoms with Crippen molar-refractivity contribution in [1.29, 1.82) is 0 Å². The zero-order valence-corrected chi connectivity index (χ0v) is 10.1. The molecule has 0 spiro atoms. The highest BCUT2D eigenvalue weighted by Crippen LogP contribution is 2.28. The fourth-order valence-corrected chi connectivity index (χ4v) is 1.40. The molecule has 0 atom stereocenters. The van der Waals surface area contributed by atoms with Gasteiger partial charge in [0.15, 0.2) is 5.82 Å². The van der Waals surface area contributed by atoms with Crippen LogP contribution in [0.15, 0.2) is 24.8 Å². The number of nitrogens with one attached hydrogen (secondary N) is 1. The van der Waals surface area contributed by atoms with Gasteiger partial charge in [0.05, 0.1) is 24.2 Å². The topological polar surface area (TPSA) is 55.6 Å². The minimum atomic E-state index is -4.41. The molecule has 0 radical (unpaired) electrons. The molecule has 0 saturated carbocycles. The number of alkyl halides is 3. The first-order chi connectivity index (χ1) is 9.00. The molecule has 2 aromatic heterocycles. The number of rotatable bonds is 4. The van der Waals surface area contributed by atoms with Gasteiger partial charge in [0.1, 0.15) is 5.82 Å². The predicted octanol–water partition coefficient (Wildman–Crippen LogP) is 2.50. The van der Waals surface area contributed by atoms with Crippen molar-refractivity contribution >= 4 is 5.82 Å². The molecule has 8 heteroatoms. The molecule has 0 aliphatic heterocycles. The van der Waals surface area contributed by atoms with E-state index in [1.165, 1.54) is 12.4 Å². The van der Waals surface area contributed by atoms with E-state index >= 15 is 0 Å². The van der Waals surface area contributed by atoms with Gasteiger partial charge in [-0.3, -0.25) is 4.98 Å². The van der Waals surface area contributed by atoms with Crippen molar-refractivity contribution in [3.8, 4) is 5.82 Å². The summed E-state index contributed by atoms with van der Waals surface area (Å²) in [6.07, 6.45) is 0.995. The summed E-state index contributed by atoms with van der Waals surface area (Å²) < 4.78 is 38.4. The lowest BCUT2D eigenvalue weighted by atomic mass is 10.4. The van der Waals surface area contributed by atoms with Gasteiger partial charge in [0.2, 0.25) is 0 Å². The lowest BCUT2D eigenvalue weighted by Crippen LogP contribution is -2.06. The van der Waals surface area contributed by atoms with Crippen LogP contribution in [0.4, 0.5) is 19.0 Å². The molecule has 2 heterocycles. The molecule has 2 aromatic rings. The van der Waals surface area contributed by atoms with E-state index in [0.29, 0.717) is 12.4 Å². The highest BCUT2D eigenvalue weighted by Gasteiger charge is 2.32. The van der Waals surface area contributed by atoms with Gasteiger partial charge in [-0.15, -0.1) is 0 Å². The molecule has 5 nitrogen and oxygen atoms in total. The summed E-state index contributed by atoms with van der Waals surface area (Å²) in [6.45, 7) is 2.71. The molecular weight excluding hydrogens is 259 g/mol. The Balaban J connectivity index is 2.24. The van der Waals surface area contributed by atoms with Crippen LogP contribution in [-0.4, -0.2) is 26.3 Å². The van der Waals surface area contributed by atoms with Crippen molar-refractivity contribution in [3.05, 3.63) is 30.4 Å². The van der Waals surface area contributed by atoms with Crippen LogP contribution in [0.3, 0.4) is 0 Å². The first-order valence-electron chi connectivity index (χ1n) is 5.69. The second-order valence-corrected chi connectivity index (χ2v) is 3.86. The van der Waals surface area contributed by atoms with E-state index in [1.807, 2.05) is 6.92 Å². The van der Waals surface area contributed by atoms with Crippen LogP contribution < -0.4 is 5.32 Å². The standard InChI is InChI=1S/C11H12F3N5/c1-2-3-16-9-5-15-6-10(18-9)19-7-8(4-17-19)11(12,13)14/h4-7H,2-3H2,1H3,(H,16,18). The van der Waals surface area contributed by atoms with E-state index in [9.17, 15) is 13.2 Å². The maximum Gasteiger partial charge on any atom is 0.419 e. The number of hydrogen-bond donors (Lipinski definition) is 1. The average molecular weight is 271 g/mol. The summed E-state index contributed by atoms with van der Waals surface area (Å²) in [5.41, 5.74) is -0.818. The molecule has 0 saturated heterocycles. The Morgan fingerprint density at radius 3 is 2.68 bits per heavy atom. The zero-order valence-electron chi connectivity index (χ0n) is 10.1. The summed E-state index contributed by atoms with van der Waals surface area (Å²) >= 11 is 0. The van der Waals surface area contributed by atoms with Crippen molar-refractivity contribution in [3.63, 3.8) is 0 Å². The van der Waals surface area contributed by atoms with E-state index in [4.69, 9.17) is 0 Å². The molecule has 102 valence electrons. The van der Waals surface area contributed by atoms with Crippen LogP contribution >= 0.6 is 0 Å². The molecule has 0 aliphatic rings. The van der Waals surface area contributed by atoms with Gasteiger partial charge < -0.3 is 5.32 Å². The molecule has 1 N–H and O–H groups in total. The normalized spacial score (nSPS) is 11.6. The number of nitrogens with zero attached hydrogens (tertiary/aromatic N) is 4. The molecule has 0 fully saturated rings. The molecule has 0 bridgehead atoms. The number of halogens is 3. The summed E-state index contributed by atoms with van der Waals surface area (Å²) in [5.74, 6) is 0.736. The third kappa shape index (κ3) is 3.21. The first kappa shape index (κ1) is 13.3. The van der Waals surface area contributed by atoms with E-state index in [0.717, 1.165) is 23.5 Å². The van der Waals surface area contributed by atoms with Crippen LogP contribution in [0.5, 0.6) is 0 Å². The number of aromatic nitrogens is 4. The highest BCUT2D eigenvalue weighted by atomic mass is 19.4. The van der Waals surface area contributed by atoms with Crippen molar-refractivity contribution in [2.24, 2.45) is 0 Å². The van der Waals surface area contributed by atoms with Gasteiger partial charge in [-0.1, -0.05) is 6.92 Å². The van der Waals surface area contributed by atoms with Gasteiger partial charge in [-0.05, 0) is 6.42 Å². The second-order valence-electron chi connectivity index (χ2n) is 3.86. The van der Waals surface area contributed by atoms with Gasteiger partial charge in [0.25, 0.3) is 0 Å². The average Bonchev–Trinajstić information content (AvgIpc) is 2.86. The van der Waals surface area contributed by atoms with Gasteiger partial charge in [0, 0.05) is 12.7 Å². The molecule has 2 rings (SSSR count). The highest BCUT2D eigenvalue weighted by molar-refractivity contribution is 5.35. The quantitative estimate of drug-likeness (QED) is 0.928. The van der Waals surface area contributed by atoms with Crippen LogP contribution in [0.1, 0.15) is 18.9 Å². The van der Waals surface area contributed by atoms with Crippen LogP contribution in [0.2, 0.25) is 0 Å². The molecule has 0 aromatic carbocycles. The Morgan fingerprint density at radius 1 is 1.26 bits per heavy atom. The maximum absolute atomic E-state index is 12.5. The number of hydrogen-bond acceptors (Lipinski definition) is 4. The van der Waals surface area contributed by atoms with Crippen LogP contribution in [0, 0.1) is 0 Å². The van der Waals surface area contributed by atoms with Crippen molar-refractivity contribution in [2.75, 3.05) is 11.9 Å². The third-order valence-corrected chi connectivity index (χ3v) is 2.32. The molecule has 0 amide bonds. The summed E-state index contributed by atoms with van der Waals surface area (Å²) in [5, 5.41) is 6.65. The lowest BCUT2D eigenvalue weighted by molar-refractivity contribution is -0.137. The molecular formula is C11H12F3N5. The molecule has 0 unspecified atom stereocenters. The SMILES string of the molecule is CCCNc1cncc(-n2cc(C(F)(F)F)cn2)n1. The minimum absolute atomic E-state index is 0.233. The largest absolute Gasteiger partial charge is 0.419 e. The van der Waals surface area contributed by atoms with Gasteiger partial charge >= 0.3 is 6.18 Å². The molecule has 0 aliphatic carbocycles. The Kier molecular flexibility index (Phi) is 3.68. The van der Waals surface area contributed by atoms with Crippen LogP contribution in [0.25, 0.3) is 5.82 Å². The summed E-state index contributed by atoms with van der Waals surface area (Å²) in [6, 6.07) is 0. The predicted molar refractivity (Wildman–Crippen MR) is 62.9 cm³/mol. The van der Waals surface area contributed by atoms with E-state index in [-0.39, 0.29) is 5.82 Å². The third-order valence-electron chi connectivity index (χ3n) is 2.32. The van der Waals surface area contributed by atoms with Crippen molar-refractivity contribution < 1.29 is 13.2 Å². The summed E-state index contributed by atoms with van der Waals surface area (Å²) in [7, 11) is 0. The zero-order chi connectivity index (χ0) is 13.9. The molecule has 19 heavy (non-hydrogen) atoms. The van der Waals surface area contributed by atoms with Crippen LogP contribution in [-0.2, 0) is 6.18 Å². The Morgan fingerprint density at radius 2 is 2.05 bits per heavy atom.